The van der Waals surface area contributed by atoms with E-state index in [-0.39, 0.29) is 17.3 Å². The minimum absolute atomic E-state index is 0.0753. The van der Waals surface area contributed by atoms with E-state index in [0.717, 1.165) is 36.7 Å². The van der Waals surface area contributed by atoms with Gasteiger partial charge in [0.25, 0.3) is 0 Å². The van der Waals surface area contributed by atoms with Crippen molar-refractivity contribution in [3.05, 3.63) is 35.9 Å². The monoisotopic (exact) mass is 369 g/mol. The Bertz CT molecular complexity index is 775. The highest BCUT2D eigenvalue weighted by Gasteiger charge is 2.58. The summed E-state index contributed by atoms with van der Waals surface area (Å²) in [6.45, 7) is 4.96. The van der Waals surface area contributed by atoms with Gasteiger partial charge in [-0.3, -0.25) is 4.98 Å². The number of allylic oxidation sites excluding steroid dienone is 2. The number of pyridine rings is 1. The van der Waals surface area contributed by atoms with Crippen LogP contribution in [0.25, 0.3) is 5.57 Å². The molecule has 1 N–H and O–H groups in total. The van der Waals surface area contributed by atoms with Gasteiger partial charge in [0.15, 0.2) is 0 Å². The Balaban J connectivity index is 1.44. The molecule has 0 amide bonds. The molecular weight excluding hydrogens is 337 g/mol. The summed E-state index contributed by atoms with van der Waals surface area (Å²) in [5.74, 6) is 2.71. The van der Waals surface area contributed by atoms with Crippen LogP contribution in [0, 0.1) is 40.3 Å². The first kappa shape index (κ1) is 17.8. The smallest absolute Gasteiger partial charge is 0.142 e. The van der Waals surface area contributed by atoms with Crippen LogP contribution in [-0.2, 0) is 0 Å². The molecule has 0 bridgehead atoms. The van der Waals surface area contributed by atoms with Crippen LogP contribution >= 0.6 is 0 Å². The highest BCUT2D eigenvalue weighted by atomic mass is 19.1. The molecule has 2 nitrogen and oxygen atoms in total. The third kappa shape index (κ3) is 2.57. The lowest BCUT2D eigenvalue weighted by atomic mass is 9.44. The Morgan fingerprint density at radius 2 is 1.93 bits per heavy atom. The summed E-state index contributed by atoms with van der Waals surface area (Å²) in [6, 6.07) is 1.67. The maximum Gasteiger partial charge on any atom is 0.142 e. The van der Waals surface area contributed by atoms with Crippen LogP contribution in [0.15, 0.2) is 24.5 Å². The van der Waals surface area contributed by atoms with Crippen LogP contribution in [0.4, 0.5) is 4.39 Å². The second-order valence-electron chi connectivity index (χ2n) is 10.3. The molecule has 0 saturated heterocycles. The number of halogens is 1. The molecule has 1 aromatic rings. The van der Waals surface area contributed by atoms with Crippen LogP contribution < -0.4 is 0 Å². The molecule has 1 aromatic heterocycles. The standard InChI is InChI=1S/C24H32FNO/c1-23-9-7-18(27)12-16(23)3-4-19-21-6-5-20(15-11-17(25)14-26-13-15)24(21,2)10-8-22(19)23/h5,11,13-14,16,18-19,21-22,27H,3-4,6-10,12H2,1-2H3. The number of nitrogens with zero attached hydrogens (tertiary/aromatic N) is 1. The topological polar surface area (TPSA) is 33.1 Å². The zero-order chi connectivity index (χ0) is 18.8. The van der Waals surface area contributed by atoms with Crippen LogP contribution in [0.2, 0.25) is 0 Å². The van der Waals surface area contributed by atoms with Crippen molar-refractivity contribution >= 4 is 5.57 Å². The second kappa shape index (κ2) is 6.14. The van der Waals surface area contributed by atoms with Gasteiger partial charge in [-0.25, -0.2) is 4.39 Å². The number of hydrogen-bond donors (Lipinski definition) is 1. The quantitative estimate of drug-likeness (QED) is 0.697. The van der Waals surface area contributed by atoms with Gasteiger partial charge in [-0.1, -0.05) is 19.9 Å². The molecule has 7 unspecified atom stereocenters. The van der Waals surface area contributed by atoms with Crippen molar-refractivity contribution in [2.24, 2.45) is 34.5 Å². The SMILES string of the molecule is CC12CCC3C(CCC4CC(O)CCC43C)C1CC=C2c1cncc(F)c1. The molecule has 27 heavy (non-hydrogen) atoms. The van der Waals surface area contributed by atoms with E-state index in [9.17, 15) is 9.50 Å². The van der Waals surface area contributed by atoms with Gasteiger partial charge in [0, 0.05) is 6.20 Å². The van der Waals surface area contributed by atoms with Crippen molar-refractivity contribution in [2.45, 2.75) is 71.3 Å². The molecule has 146 valence electrons. The van der Waals surface area contributed by atoms with Gasteiger partial charge in [-0.15, -0.1) is 0 Å². The fourth-order valence-electron chi connectivity index (χ4n) is 7.81. The van der Waals surface area contributed by atoms with Crippen molar-refractivity contribution in [3.8, 4) is 0 Å². The lowest BCUT2D eigenvalue weighted by molar-refractivity contribution is -0.115. The normalized spacial score (nSPS) is 46.2. The van der Waals surface area contributed by atoms with Crippen molar-refractivity contribution in [1.29, 1.82) is 0 Å². The first-order chi connectivity index (χ1) is 12.9. The molecular formula is C24H32FNO. The fraction of sp³-hybridized carbons (Fsp3) is 0.708. The highest BCUT2D eigenvalue weighted by Crippen LogP contribution is 2.67. The van der Waals surface area contributed by atoms with E-state index in [1.165, 1.54) is 43.9 Å². The van der Waals surface area contributed by atoms with Crippen molar-refractivity contribution in [1.82, 2.24) is 4.98 Å². The molecule has 0 radical (unpaired) electrons. The molecule has 0 spiro atoms. The zero-order valence-electron chi connectivity index (χ0n) is 16.6. The van der Waals surface area contributed by atoms with Crippen LogP contribution in [-0.4, -0.2) is 16.2 Å². The summed E-state index contributed by atoms with van der Waals surface area (Å²) < 4.78 is 13.8. The molecule has 0 aromatic carbocycles. The number of rotatable bonds is 1. The van der Waals surface area contributed by atoms with E-state index in [0.29, 0.717) is 17.3 Å². The minimum atomic E-state index is -0.233. The predicted octanol–water partition coefficient (Wildman–Crippen LogP) is 5.62. The highest BCUT2D eigenvalue weighted by molar-refractivity contribution is 5.72. The number of aliphatic hydroxyl groups is 1. The average Bonchev–Trinajstić information content (AvgIpc) is 2.99. The Labute approximate surface area is 162 Å². The summed E-state index contributed by atoms with van der Waals surface area (Å²) in [7, 11) is 0. The summed E-state index contributed by atoms with van der Waals surface area (Å²) in [5, 5.41) is 10.2. The Hall–Kier alpha value is -1.22. The summed E-state index contributed by atoms with van der Waals surface area (Å²) in [5.41, 5.74) is 2.89. The van der Waals surface area contributed by atoms with Gasteiger partial charge in [-0.05, 0) is 103 Å². The second-order valence-corrected chi connectivity index (χ2v) is 10.3. The van der Waals surface area contributed by atoms with Crippen LogP contribution in [0.5, 0.6) is 0 Å². The Morgan fingerprint density at radius 3 is 2.74 bits per heavy atom. The van der Waals surface area contributed by atoms with E-state index in [1.807, 2.05) is 6.20 Å². The largest absolute Gasteiger partial charge is 0.393 e. The maximum absolute atomic E-state index is 13.8. The van der Waals surface area contributed by atoms with Crippen LogP contribution in [0.1, 0.15) is 70.8 Å². The first-order valence-corrected chi connectivity index (χ1v) is 10.9. The molecule has 4 aliphatic carbocycles. The fourth-order valence-corrected chi connectivity index (χ4v) is 7.81. The molecule has 0 aliphatic heterocycles. The molecule has 7 atom stereocenters. The van der Waals surface area contributed by atoms with Gasteiger partial charge < -0.3 is 5.11 Å². The van der Waals surface area contributed by atoms with Crippen molar-refractivity contribution in [2.75, 3.05) is 0 Å². The molecule has 3 saturated carbocycles. The van der Waals surface area contributed by atoms with Gasteiger partial charge in [0.2, 0.25) is 0 Å². The molecule has 4 aliphatic rings. The Kier molecular flexibility index (Phi) is 4.06. The summed E-state index contributed by atoms with van der Waals surface area (Å²) in [4.78, 5) is 4.11. The summed E-state index contributed by atoms with van der Waals surface area (Å²) >= 11 is 0. The van der Waals surface area contributed by atoms with Gasteiger partial charge in [0.05, 0.1) is 12.3 Å². The zero-order valence-corrected chi connectivity index (χ0v) is 16.6. The Morgan fingerprint density at radius 1 is 1.07 bits per heavy atom. The molecule has 5 rings (SSSR count). The van der Waals surface area contributed by atoms with E-state index in [1.54, 1.807) is 6.07 Å². The molecule has 3 heteroatoms. The predicted molar refractivity (Wildman–Crippen MR) is 105 cm³/mol. The minimum Gasteiger partial charge on any atom is -0.393 e. The number of hydrogen-bond acceptors (Lipinski definition) is 2. The van der Waals surface area contributed by atoms with Crippen LogP contribution in [0.3, 0.4) is 0 Å². The first-order valence-electron chi connectivity index (χ1n) is 10.9. The summed E-state index contributed by atoms with van der Waals surface area (Å²) in [6.07, 6.45) is 14.8. The lowest BCUT2D eigenvalue weighted by Gasteiger charge is -2.60. The third-order valence-corrected chi connectivity index (χ3v) is 9.23. The van der Waals surface area contributed by atoms with Gasteiger partial charge in [0.1, 0.15) is 5.82 Å². The maximum atomic E-state index is 13.8. The van der Waals surface area contributed by atoms with Gasteiger partial charge in [-0.2, -0.15) is 0 Å². The van der Waals surface area contributed by atoms with E-state index >= 15 is 0 Å². The van der Waals surface area contributed by atoms with E-state index in [2.05, 4.69) is 24.9 Å². The number of fused-ring (bicyclic) bond motifs is 5. The number of aliphatic hydroxyl groups excluding tert-OH is 1. The van der Waals surface area contributed by atoms with Crippen molar-refractivity contribution < 1.29 is 9.50 Å². The number of aromatic nitrogens is 1. The average molecular weight is 370 g/mol. The van der Waals surface area contributed by atoms with E-state index < -0.39 is 0 Å². The van der Waals surface area contributed by atoms with E-state index in [4.69, 9.17) is 0 Å². The van der Waals surface area contributed by atoms with Crippen molar-refractivity contribution in [3.63, 3.8) is 0 Å². The molecule has 3 fully saturated rings. The third-order valence-electron chi connectivity index (χ3n) is 9.23. The lowest BCUT2D eigenvalue weighted by Crippen LogP contribution is -2.53. The van der Waals surface area contributed by atoms with Gasteiger partial charge >= 0.3 is 0 Å². The molecule has 1 heterocycles.